The molecule has 0 spiro atoms. The average Bonchev–Trinajstić information content (AvgIpc) is 2.35. The maximum atomic E-state index is 11.7. The topological polar surface area (TPSA) is 98.7 Å². The number of hydrogen-bond donors (Lipinski definition) is 3. The summed E-state index contributed by atoms with van der Waals surface area (Å²) in [5.74, 6) is -0.991. The number of hydrogen-bond acceptors (Lipinski definition) is 3. The van der Waals surface area contributed by atoms with Crippen molar-refractivity contribution in [2.24, 2.45) is 0 Å². The van der Waals surface area contributed by atoms with Gasteiger partial charge in [0.1, 0.15) is 6.04 Å². The van der Waals surface area contributed by atoms with Gasteiger partial charge in [-0.15, -0.1) is 0 Å². The van der Waals surface area contributed by atoms with E-state index in [1.165, 1.54) is 4.90 Å². The van der Waals surface area contributed by atoms with Crippen molar-refractivity contribution >= 4 is 17.9 Å². The Balaban J connectivity index is 3.79. The van der Waals surface area contributed by atoms with E-state index in [0.717, 1.165) is 0 Å². The Bertz CT molecular complexity index is 320. The summed E-state index contributed by atoms with van der Waals surface area (Å²) in [7, 11) is 1.67. The first-order chi connectivity index (χ1) is 8.88. The number of nitrogens with zero attached hydrogens (tertiary/aromatic N) is 1. The van der Waals surface area contributed by atoms with Crippen LogP contribution in [0.4, 0.5) is 4.79 Å². The Hall–Kier alpha value is -1.79. The smallest absolute Gasteiger partial charge is 0.315 e. The predicted molar refractivity (Wildman–Crippen MR) is 70.8 cm³/mol. The van der Waals surface area contributed by atoms with Crippen molar-refractivity contribution in [1.82, 2.24) is 15.5 Å². The number of carboxylic acid groups (broad SMARTS) is 1. The molecule has 7 nitrogen and oxygen atoms in total. The van der Waals surface area contributed by atoms with Crippen molar-refractivity contribution in [3.8, 4) is 0 Å². The van der Waals surface area contributed by atoms with Crippen LogP contribution >= 0.6 is 0 Å². The van der Waals surface area contributed by atoms with Crippen molar-refractivity contribution in [2.45, 2.75) is 39.2 Å². The molecule has 0 aromatic carbocycles. The molecule has 1 atom stereocenters. The van der Waals surface area contributed by atoms with Crippen LogP contribution in [-0.4, -0.2) is 54.1 Å². The van der Waals surface area contributed by atoms with Gasteiger partial charge in [0.25, 0.3) is 0 Å². The molecule has 0 saturated heterocycles. The second kappa shape index (κ2) is 9.18. The summed E-state index contributed by atoms with van der Waals surface area (Å²) in [6.07, 6.45) is 1.21. The summed E-state index contributed by atoms with van der Waals surface area (Å²) in [5.41, 5.74) is 0. The second-order valence-corrected chi connectivity index (χ2v) is 4.33. The van der Waals surface area contributed by atoms with E-state index < -0.39 is 18.0 Å². The fraction of sp³-hybridized carbons (Fsp3) is 0.750. The van der Waals surface area contributed by atoms with E-state index in [4.69, 9.17) is 5.11 Å². The second-order valence-electron chi connectivity index (χ2n) is 4.33. The molecule has 3 amide bonds. The van der Waals surface area contributed by atoms with Crippen molar-refractivity contribution in [3.63, 3.8) is 0 Å². The minimum absolute atomic E-state index is 0.0967. The van der Waals surface area contributed by atoms with Crippen molar-refractivity contribution < 1.29 is 19.5 Å². The van der Waals surface area contributed by atoms with Gasteiger partial charge in [0, 0.05) is 26.6 Å². The molecule has 0 bridgehead atoms. The van der Waals surface area contributed by atoms with Gasteiger partial charge < -0.3 is 20.6 Å². The van der Waals surface area contributed by atoms with Crippen LogP contribution in [0.1, 0.15) is 33.1 Å². The standard InChI is InChI=1S/C12H23N3O4/c1-4-15(3)11(18)9(2)14-12(19)13-8-6-5-7-10(16)17/h9H,4-8H2,1-3H3,(H,16,17)(H2,13,14,19). The molecular formula is C12H23N3O4. The fourth-order valence-electron chi connectivity index (χ4n) is 1.40. The van der Waals surface area contributed by atoms with Gasteiger partial charge in [0.15, 0.2) is 0 Å². The molecule has 0 radical (unpaired) electrons. The molecule has 0 heterocycles. The van der Waals surface area contributed by atoms with E-state index in [1.807, 2.05) is 6.92 Å². The van der Waals surface area contributed by atoms with Crippen molar-refractivity contribution in [1.29, 1.82) is 0 Å². The first-order valence-corrected chi connectivity index (χ1v) is 6.39. The number of carbonyl (C=O) groups excluding carboxylic acids is 2. The zero-order chi connectivity index (χ0) is 14.8. The molecule has 0 aromatic heterocycles. The molecule has 0 aliphatic carbocycles. The van der Waals surface area contributed by atoms with Crippen LogP contribution in [0.3, 0.4) is 0 Å². The van der Waals surface area contributed by atoms with Gasteiger partial charge in [-0.25, -0.2) is 4.79 Å². The van der Waals surface area contributed by atoms with Gasteiger partial charge in [-0.3, -0.25) is 9.59 Å². The predicted octanol–water partition coefficient (Wildman–Crippen LogP) is 0.407. The van der Waals surface area contributed by atoms with Crippen molar-refractivity contribution in [3.05, 3.63) is 0 Å². The number of urea groups is 1. The normalized spacial score (nSPS) is 11.5. The van der Waals surface area contributed by atoms with E-state index >= 15 is 0 Å². The Morgan fingerprint density at radius 3 is 2.42 bits per heavy atom. The Labute approximate surface area is 113 Å². The van der Waals surface area contributed by atoms with Crippen LogP contribution in [0.5, 0.6) is 0 Å². The van der Waals surface area contributed by atoms with E-state index in [0.29, 0.717) is 25.9 Å². The third-order valence-electron chi connectivity index (χ3n) is 2.67. The van der Waals surface area contributed by atoms with E-state index in [1.54, 1.807) is 14.0 Å². The zero-order valence-corrected chi connectivity index (χ0v) is 11.7. The van der Waals surface area contributed by atoms with Gasteiger partial charge in [-0.05, 0) is 26.7 Å². The lowest BCUT2D eigenvalue weighted by molar-refractivity contribution is -0.137. The van der Waals surface area contributed by atoms with Crippen LogP contribution in [-0.2, 0) is 9.59 Å². The van der Waals surface area contributed by atoms with Gasteiger partial charge in [0.05, 0.1) is 0 Å². The number of carbonyl (C=O) groups is 3. The largest absolute Gasteiger partial charge is 0.481 e. The summed E-state index contributed by atoms with van der Waals surface area (Å²) in [6, 6.07) is -0.996. The Kier molecular flexibility index (Phi) is 8.32. The number of unbranched alkanes of at least 4 members (excludes halogenated alkanes) is 1. The number of aliphatic carboxylic acids is 1. The van der Waals surface area contributed by atoms with Gasteiger partial charge >= 0.3 is 12.0 Å². The lowest BCUT2D eigenvalue weighted by Gasteiger charge is -2.20. The van der Waals surface area contributed by atoms with Gasteiger partial charge in [0.2, 0.25) is 5.91 Å². The van der Waals surface area contributed by atoms with Crippen LogP contribution < -0.4 is 10.6 Å². The maximum absolute atomic E-state index is 11.7. The molecule has 7 heteroatoms. The fourth-order valence-corrected chi connectivity index (χ4v) is 1.40. The number of likely N-dealkylation sites (N-methyl/N-ethyl adjacent to an activating group) is 1. The summed E-state index contributed by atoms with van der Waals surface area (Å²) >= 11 is 0. The summed E-state index contributed by atoms with van der Waals surface area (Å²) in [4.78, 5) is 34.9. The third-order valence-corrected chi connectivity index (χ3v) is 2.67. The highest BCUT2D eigenvalue weighted by atomic mass is 16.4. The minimum atomic E-state index is -0.841. The third kappa shape index (κ3) is 8.01. The highest BCUT2D eigenvalue weighted by Crippen LogP contribution is 1.94. The molecule has 0 saturated carbocycles. The Morgan fingerprint density at radius 1 is 1.26 bits per heavy atom. The highest BCUT2D eigenvalue weighted by molar-refractivity contribution is 5.86. The van der Waals surface area contributed by atoms with Crippen LogP contribution in [0.2, 0.25) is 0 Å². The molecule has 3 N–H and O–H groups in total. The molecule has 110 valence electrons. The number of carboxylic acids is 1. The monoisotopic (exact) mass is 273 g/mol. The van der Waals surface area contributed by atoms with Gasteiger partial charge in [-0.1, -0.05) is 0 Å². The SMILES string of the molecule is CCN(C)C(=O)C(C)NC(=O)NCCCCC(=O)O. The van der Waals surface area contributed by atoms with E-state index in [9.17, 15) is 14.4 Å². The van der Waals surface area contributed by atoms with Crippen LogP contribution in [0.15, 0.2) is 0 Å². The molecule has 19 heavy (non-hydrogen) atoms. The zero-order valence-electron chi connectivity index (χ0n) is 11.7. The van der Waals surface area contributed by atoms with E-state index in [-0.39, 0.29) is 12.3 Å². The number of amides is 3. The van der Waals surface area contributed by atoms with Crippen molar-refractivity contribution in [2.75, 3.05) is 20.1 Å². The maximum Gasteiger partial charge on any atom is 0.315 e. The summed E-state index contributed by atoms with van der Waals surface area (Å²) < 4.78 is 0. The average molecular weight is 273 g/mol. The molecule has 1 unspecified atom stereocenters. The Morgan fingerprint density at radius 2 is 1.89 bits per heavy atom. The van der Waals surface area contributed by atoms with Gasteiger partial charge in [-0.2, -0.15) is 0 Å². The molecular weight excluding hydrogens is 250 g/mol. The highest BCUT2D eigenvalue weighted by Gasteiger charge is 2.17. The lowest BCUT2D eigenvalue weighted by atomic mass is 10.2. The first-order valence-electron chi connectivity index (χ1n) is 6.39. The molecule has 0 fully saturated rings. The molecule has 0 aromatic rings. The summed E-state index contributed by atoms with van der Waals surface area (Å²) in [6.45, 7) is 4.46. The van der Waals surface area contributed by atoms with Crippen LogP contribution in [0, 0.1) is 0 Å². The minimum Gasteiger partial charge on any atom is -0.481 e. The summed E-state index contributed by atoms with van der Waals surface area (Å²) in [5, 5.41) is 13.6. The molecule has 0 aliphatic heterocycles. The number of nitrogens with one attached hydrogen (secondary N) is 2. The lowest BCUT2D eigenvalue weighted by Crippen LogP contribution is -2.49. The molecule has 0 rings (SSSR count). The number of rotatable bonds is 8. The molecule has 0 aliphatic rings. The first kappa shape index (κ1) is 17.2. The van der Waals surface area contributed by atoms with E-state index in [2.05, 4.69) is 10.6 Å². The quantitative estimate of drug-likeness (QED) is 0.558. The van der Waals surface area contributed by atoms with Crippen LogP contribution in [0.25, 0.3) is 0 Å².